The normalized spacial score (nSPS) is 25.8. The van der Waals surface area contributed by atoms with Gasteiger partial charge in [-0.3, -0.25) is 4.79 Å². The zero-order valence-electron chi connectivity index (χ0n) is 13.1. The number of hydrogen-bond donors (Lipinski definition) is 1. The molecule has 1 heterocycles. The van der Waals surface area contributed by atoms with Gasteiger partial charge in [-0.2, -0.15) is 0 Å². The fourth-order valence-electron chi connectivity index (χ4n) is 3.64. The number of likely N-dealkylation sites (tertiary alicyclic amines) is 1. The van der Waals surface area contributed by atoms with Crippen LogP contribution in [-0.4, -0.2) is 36.5 Å². The largest absolute Gasteiger partial charge is 0.492 e. The van der Waals surface area contributed by atoms with Crippen LogP contribution in [0.1, 0.15) is 25.7 Å². The number of carbonyl (C=O) groups is 1. The van der Waals surface area contributed by atoms with Gasteiger partial charge < -0.3 is 15.4 Å². The molecular weight excluding hydrogens is 380 g/mol. The summed E-state index contributed by atoms with van der Waals surface area (Å²) in [5, 5.41) is 0. The first-order chi connectivity index (χ1) is 10.6. The van der Waals surface area contributed by atoms with Crippen molar-refractivity contribution in [2.75, 3.05) is 19.7 Å². The van der Waals surface area contributed by atoms with E-state index in [1.54, 1.807) is 0 Å². The molecule has 1 aromatic rings. The predicted octanol–water partition coefficient (Wildman–Crippen LogP) is 3.23. The maximum atomic E-state index is 12.3. The van der Waals surface area contributed by atoms with E-state index in [2.05, 4.69) is 15.9 Å². The van der Waals surface area contributed by atoms with Gasteiger partial charge in [0.05, 0.1) is 11.1 Å². The summed E-state index contributed by atoms with van der Waals surface area (Å²) >= 11 is 3.45. The molecule has 4 nitrogen and oxygen atoms in total. The second-order valence-electron chi connectivity index (χ2n) is 6.35. The Hall–Kier alpha value is -0.780. The van der Waals surface area contributed by atoms with E-state index >= 15 is 0 Å². The van der Waals surface area contributed by atoms with Crippen molar-refractivity contribution in [1.82, 2.24) is 4.90 Å². The lowest BCUT2D eigenvalue weighted by Gasteiger charge is -2.18. The molecule has 2 fully saturated rings. The van der Waals surface area contributed by atoms with Crippen LogP contribution < -0.4 is 10.5 Å². The highest BCUT2D eigenvalue weighted by Crippen LogP contribution is 2.37. The first kappa shape index (κ1) is 18.6. The van der Waals surface area contributed by atoms with E-state index in [0.717, 1.165) is 36.2 Å². The van der Waals surface area contributed by atoms with Gasteiger partial charge in [-0.05, 0) is 59.2 Å². The lowest BCUT2D eigenvalue weighted by Crippen LogP contribution is -2.33. The summed E-state index contributed by atoms with van der Waals surface area (Å²) in [7, 11) is 0. The molecule has 3 unspecified atom stereocenters. The van der Waals surface area contributed by atoms with Crippen LogP contribution in [-0.2, 0) is 4.79 Å². The number of halogens is 2. The maximum absolute atomic E-state index is 12.3. The first-order valence-corrected chi connectivity index (χ1v) is 8.85. The van der Waals surface area contributed by atoms with Crippen molar-refractivity contribution in [3.05, 3.63) is 28.7 Å². The van der Waals surface area contributed by atoms with E-state index in [0.29, 0.717) is 30.9 Å². The summed E-state index contributed by atoms with van der Waals surface area (Å²) in [5.41, 5.74) is 6.12. The summed E-state index contributed by atoms with van der Waals surface area (Å²) in [5.74, 6) is 2.24. The van der Waals surface area contributed by atoms with Gasteiger partial charge in [-0.25, -0.2) is 0 Å². The van der Waals surface area contributed by atoms with Crippen molar-refractivity contribution < 1.29 is 9.53 Å². The summed E-state index contributed by atoms with van der Waals surface area (Å²) in [6, 6.07) is 8.07. The Kier molecular flexibility index (Phi) is 6.74. The molecule has 23 heavy (non-hydrogen) atoms. The van der Waals surface area contributed by atoms with E-state index in [4.69, 9.17) is 10.5 Å². The van der Waals surface area contributed by atoms with Crippen LogP contribution in [0.5, 0.6) is 5.75 Å². The van der Waals surface area contributed by atoms with Gasteiger partial charge in [0.25, 0.3) is 0 Å². The zero-order valence-corrected chi connectivity index (χ0v) is 15.5. The topological polar surface area (TPSA) is 55.6 Å². The third kappa shape index (κ3) is 4.40. The van der Waals surface area contributed by atoms with Crippen LogP contribution in [0.4, 0.5) is 0 Å². The van der Waals surface area contributed by atoms with Crippen molar-refractivity contribution >= 4 is 34.2 Å². The van der Waals surface area contributed by atoms with Gasteiger partial charge in [0.15, 0.2) is 0 Å². The van der Waals surface area contributed by atoms with Gasteiger partial charge in [-0.1, -0.05) is 12.1 Å². The Morgan fingerprint density at radius 3 is 2.83 bits per heavy atom. The molecule has 0 bridgehead atoms. The van der Waals surface area contributed by atoms with Crippen LogP contribution >= 0.6 is 28.3 Å². The Morgan fingerprint density at radius 1 is 1.30 bits per heavy atom. The van der Waals surface area contributed by atoms with E-state index in [-0.39, 0.29) is 18.3 Å². The molecule has 1 aromatic carbocycles. The highest BCUT2D eigenvalue weighted by molar-refractivity contribution is 9.10. The maximum Gasteiger partial charge on any atom is 0.222 e. The molecular formula is C17H24BrClN2O2. The molecule has 2 aliphatic rings. The lowest BCUT2D eigenvalue weighted by atomic mass is 9.98. The molecule has 1 saturated heterocycles. The molecule has 0 aromatic heterocycles. The summed E-state index contributed by atoms with van der Waals surface area (Å²) in [6.45, 7) is 2.33. The van der Waals surface area contributed by atoms with Crippen molar-refractivity contribution in [2.24, 2.45) is 17.6 Å². The van der Waals surface area contributed by atoms with E-state index in [1.165, 1.54) is 6.42 Å². The number of benzene rings is 1. The standard InChI is InChI=1S/C17H23BrN2O2.ClH/c18-14-4-1-2-5-16(14)22-9-3-6-17(21)20-10-12-7-8-15(19)13(12)11-20;/h1-2,4-5,12-13,15H,3,6-11,19H2;1H. The van der Waals surface area contributed by atoms with Gasteiger partial charge in [0.1, 0.15) is 5.75 Å². The van der Waals surface area contributed by atoms with E-state index in [9.17, 15) is 4.79 Å². The van der Waals surface area contributed by atoms with Crippen LogP contribution in [0, 0.1) is 11.8 Å². The molecule has 1 aliphatic carbocycles. The monoisotopic (exact) mass is 402 g/mol. The highest BCUT2D eigenvalue weighted by atomic mass is 79.9. The third-order valence-corrected chi connectivity index (χ3v) is 5.55. The minimum atomic E-state index is 0. The SMILES string of the molecule is Cl.NC1CCC2CN(C(=O)CCCOc3ccccc3Br)CC12. The molecule has 128 valence electrons. The quantitative estimate of drug-likeness (QED) is 0.768. The second-order valence-corrected chi connectivity index (χ2v) is 7.20. The number of ether oxygens (including phenoxy) is 1. The molecule has 0 radical (unpaired) electrons. The molecule has 1 aliphatic heterocycles. The second kappa shape index (κ2) is 8.36. The van der Waals surface area contributed by atoms with Crippen LogP contribution in [0.15, 0.2) is 28.7 Å². The number of nitrogens with two attached hydrogens (primary N) is 1. The number of para-hydroxylation sites is 1. The van der Waals surface area contributed by atoms with E-state index in [1.807, 2.05) is 29.2 Å². The van der Waals surface area contributed by atoms with Crippen LogP contribution in [0.3, 0.4) is 0 Å². The average molecular weight is 404 g/mol. The van der Waals surface area contributed by atoms with Crippen LogP contribution in [0.25, 0.3) is 0 Å². The Bertz CT molecular complexity index is 543. The third-order valence-electron chi connectivity index (χ3n) is 4.89. The number of rotatable bonds is 5. The summed E-state index contributed by atoms with van der Waals surface area (Å²) < 4.78 is 6.65. The number of amides is 1. The molecule has 1 amide bonds. The number of hydrogen-bond acceptors (Lipinski definition) is 3. The molecule has 3 atom stereocenters. The smallest absolute Gasteiger partial charge is 0.222 e. The molecule has 1 saturated carbocycles. The minimum absolute atomic E-state index is 0. The molecule has 3 rings (SSSR count). The molecule has 6 heteroatoms. The molecule has 0 spiro atoms. The van der Waals surface area contributed by atoms with Crippen molar-refractivity contribution in [2.45, 2.75) is 31.7 Å². The van der Waals surface area contributed by atoms with Gasteiger partial charge >= 0.3 is 0 Å². The van der Waals surface area contributed by atoms with Gasteiger partial charge in [0, 0.05) is 25.6 Å². The Balaban J connectivity index is 0.00000192. The zero-order chi connectivity index (χ0) is 15.5. The Morgan fingerprint density at radius 2 is 2.09 bits per heavy atom. The fraction of sp³-hybridized carbons (Fsp3) is 0.588. The fourth-order valence-corrected chi connectivity index (χ4v) is 4.04. The Labute approximate surface area is 152 Å². The lowest BCUT2D eigenvalue weighted by molar-refractivity contribution is -0.130. The van der Waals surface area contributed by atoms with E-state index < -0.39 is 0 Å². The van der Waals surface area contributed by atoms with Gasteiger partial charge in [-0.15, -0.1) is 12.4 Å². The minimum Gasteiger partial charge on any atom is -0.492 e. The highest BCUT2D eigenvalue weighted by Gasteiger charge is 2.42. The van der Waals surface area contributed by atoms with Crippen molar-refractivity contribution in [1.29, 1.82) is 0 Å². The summed E-state index contributed by atoms with van der Waals surface area (Å²) in [4.78, 5) is 14.3. The van der Waals surface area contributed by atoms with Gasteiger partial charge in [0.2, 0.25) is 5.91 Å². The summed E-state index contributed by atoms with van der Waals surface area (Å²) in [6.07, 6.45) is 3.61. The molecule has 2 N–H and O–H groups in total. The van der Waals surface area contributed by atoms with Crippen LogP contribution in [0.2, 0.25) is 0 Å². The van der Waals surface area contributed by atoms with Crippen molar-refractivity contribution in [3.63, 3.8) is 0 Å². The van der Waals surface area contributed by atoms with Crippen molar-refractivity contribution in [3.8, 4) is 5.75 Å². The first-order valence-electron chi connectivity index (χ1n) is 8.06. The predicted molar refractivity (Wildman–Crippen MR) is 96.9 cm³/mol. The number of carbonyl (C=O) groups excluding carboxylic acids is 1. The average Bonchev–Trinajstić information content (AvgIpc) is 3.08. The number of nitrogens with zero attached hydrogens (tertiary/aromatic N) is 1. The number of fused-ring (bicyclic) bond motifs is 1.